The number of aliphatic imine (C=N–C) groups is 1. The molecule has 3 aromatic rings. The first-order valence-electron chi connectivity index (χ1n) is 9.35. The Balaban J connectivity index is 1.77. The van der Waals surface area contributed by atoms with Gasteiger partial charge in [-0.05, 0) is 35.9 Å². The molecule has 29 heavy (non-hydrogen) atoms. The SMILES string of the molecule is Fc1ccc(-c2cc(N3CCOCC3)nc3c(C4=CC=NC4)nccc23)c(F)n1. The summed E-state index contributed by atoms with van der Waals surface area (Å²) in [6, 6.07) is 6.19. The predicted octanol–water partition coefficient (Wildman–Crippen LogP) is 3.27. The summed E-state index contributed by atoms with van der Waals surface area (Å²) in [4.78, 5) is 19.1. The molecule has 3 aromatic heterocycles. The van der Waals surface area contributed by atoms with Gasteiger partial charge in [-0.25, -0.2) is 4.98 Å². The van der Waals surface area contributed by atoms with Gasteiger partial charge in [-0.3, -0.25) is 9.98 Å². The zero-order valence-corrected chi connectivity index (χ0v) is 15.5. The van der Waals surface area contributed by atoms with E-state index in [4.69, 9.17) is 9.72 Å². The minimum atomic E-state index is -0.854. The van der Waals surface area contributed by atoms with Crippen LogP contribution < -0.4 is 4.90 Å². The number of nitrogens with zero attached hydrogens (tertiary/aromatic N) is 5. The molecule has 0 aliphatic carbocycles. The zero-order chi connectivity index (χ0) is 19.8. The van der Waals surface area contributed by atoms with Crippen LogP contribution in [0.2, 0.25) is 0 Å². The lowest BCUT2D eigenvalue weighted by Crippen LogP contribution is -2.36. The van der Waals surface area contributed by atoms with Gasteiger partial charge >= 0.3 is 0 Å². The fraction of sp³-hybridized carbons (Fsp3) is 0.238. The van der Waals surface area contributed by atoms with Gasteiger partial charge in [0.15, 0.2) is 0 Å². The third-order valence-electron chi connectivity index (χ3n) is 5.10. The lowest BCUT2D eigenvalue weighted by molar-refractivity contribution is 0.122. The van der Waals surface area contributed by atoms with E-state index in [2.05, 4.69) is 19.9 Å². The van der Waals surface area contributed by atoms with Gasteiger partial charge in [0.25, 0.3) is 0 Å². The number of fused-ring (bicyclic) bond motifs is 1. The number of morpholine rings is 1. The molecule has 1 saturated heterocycles. The number of allylic oxidation sites excluding steroid dienone is 1. The summed E-state index contributed by atoms with van der Waals surface area (Å²) in [5, 5.41) is 0.729. The molecule has 0 aromatic carbocycles. The Hall–Kier alpha value is -3.26. The van der Waals surface area contributed by atoms with Crippen molar-refractivity contribution in [3.8, 4) is 11.1 Å². The third kappa shape index (κ3) is 3.25. The molecule has 0 unspecified atom stereocenters. The fourth-order valence-electron chi connectivity index (χ4n) is 3.66. The van der Waals surface area contributed by atoms with Gasteiger partial charge in [-0.15, -0.1) is 0 Å². The zero-order valence-electron chi connectivity index (χ0n) is 15.5. The second kappa shape index (κ2) is 7.29. The first kappa shape index (κ1) is 17.8. The van der Waals surface area contributed by atoms with Crippen LogP contribution in [0.25, 0.3) is 27.6 Å². The molecule has 0 bridgehead atoms. The van der Waals surface area contributed by atoms with E-state index < -0.39 is 11.9 Å². The first-order chi connectivity index (χ1) is 14.2. The van der Waals surface area contributed by atoms with Gasteiger partial charge in [0.1, 0.15) is 5.82 Å². The Bertz CT molecular complexity index is 1160. The van der Waals surface area contributed by atoms with E-state index >= 15 is 0 Å². The number of halogens is 2. The highest BCUT2D eigenvalue weighted by Crippen LogP contribution is 2.35. The largest absolute Gasteiger partial charge is 0.378 e. The van der Waals surface area contributed by atoms with Crippen LogP contribution >= 0.6 is 0 Å². The molecule has 0 amide bonds. The van der Waals surface area contributed by atoms with E-state index in [1.807, 2.05) is 12.1 Å². The summed E-state index contributed by atoms with van der Waals surface area (Å²) >= 11 is 0. The number of anilines is 1. The number of ether oxygens (including phenoxy) is 1. The summed E-state index contributed by atoms with van der Waals surface area (Å²) in [6.07, 6.45) is 5.32. The standard InChI is InChI=1S/C21H17F2N5O/c22-17-2-1-15(21(23)26-17)16-11-18(28-7-9-29-10-8-28)27-20-14(16)4-6-25-19(20)13-3-5-24-12-13/h1-6,11H,7-10,12H2. The molecule has 0 radical (unpaired) electrons. The van der Waals surface area contributed by atoms with E-state index in [0.29, 0.717) is 55.4 Å². The van der Waals surface area contributed by atoms with Crippen molar-refractivity contribution in [1.29, 1.82) is 0 Å². The highest BCUT2D eigenvalue weighted by molar-refractivity contribution is 6.02. The maximum atomic E-state index is 14.6. The van der Waals surface area contributed by atoms with Gasteiger partial charge in [0.05, 0.1) is 31.0 Å². The van der Waals surface area contributed by atoms with Crippen molar-refractivity contribution in [2.45, 2.75) is 0 Å². The summed E-state index contributed by atoms with van der Waals surface area (Å²) < 4.78 is 33.4. The van der Waals surface area contributed by atoms with Crippen LogP contribution in [-0.2, 0) is 4.74 Å². The summed E-state index contributed by atoms with van der Waals surface area (Å²) in [5.74, 6) is -1.01. The molecular weight excluding hydrogens is 376 g/mol. The van der Waals surface area contributed by atoms with Gasteiger partial charge in [0, 0.05) is 42.0 Å². The molecule has 0 atom stereocenters. The molecule has 2 aliphatic heterocycles. The highest BCUT2D eigenvalue weighted by atomic mass is 19.1. The molecule has 0 N–H and O–H groups in total. The van der Waals surface area contributed by atoms with E-state index in [9.17, 15) is 8.78 Å². The molecule has 146 valence electrons. The minimum Gasteiger partial charge on any atom is -0.378 e. The van der Waals surface area contributed by atoms with Crippen LogP contribution in [0.1, 0.15) is 5.69 Å². The average Bonchev–Trinajstić information content (AvgIpc) is 3.28. The third-order valence-corrected chi connectivity index (χ3v) is 5.10. The Morgan fingerprint density at radius 1 is 1.00 bits per heavy atom. The molecule has 6 nitrogen and oxygen atoms in total. The topological polar surface area (TPSA) is 63.5 Å². The van der Waals surface area contributed by atoms with E-state index in [1.165, 1.54) is 6.07 Å². The predicted molar refractivity (Wildman–Crippen MR) is 107 cm³/mol. The van der Waals surface area contributed by atoms with Gasteiger partial charge in [-0.2, -0.15) is 13.8 Å². The second-order valence-corrected chi connectivity index (χ2v) is 6.84. The number of hydrogen-bond acceptors (Lipinski definition) is 6. The van der Waals surface area contributed by atoms with Crippen molar-refractivity contribution in [3.05, 3.63) is 54.1 Å². The molecule has 1 fully saturated rings. The highest BCUT2D eigenvalue weighted by Gasteiger charge is 2.21. The molecule has 2 aliphatic rings. The summed E-state index contributed by atoms with van der Waals surface area (Å²) in [6.45, 7) is 3.09. The number of pyridine rings is 3. The maximum absolute atomic E-state index is 14.6. The Kier molecular flexibility index (Phi) is 4.48. The molecule has 5 heterocycles. The van der Waals surface area contributed by atoms with Crippen molar-refractivity contribution in [3.63, 3.8) is 0 Å². The Morgan fingerprint density at radius 2 is 1.86 bits per heavy atom. The summed E-state index contributed by atoms with van der Waals surface area (Å²) in [5.41, 5.74) is 3.15. The smallest absolute Gasteiger partial charge is 0.223 e. The van der Waals surface area contributed by atoms with Crippen LogP contribution in [0.5, 0.6) is 0 Å². The molecule has 0 saturated carbocycles. The molecule has 5 rings (SSSR count). The Morgan fingerprint density at radius 3 is 2.62 bits per heavy atom. The monoisotopic (exact) mass is 393 g/mol. The number of aromatic nitrogens is 3. The minimum absolute atomic E-state index is 0.224. The van der Waals surface area contributed by atoms with Gasteiger partial charge in [-0.1, -0.05) is 0 Å². The molecular formula is C21H17F2N5O. The number of hydrogen-bond donors (Lipinski definition) is 0. The van der Waals surface area contributed by atoms with Crippen LogP contribution in [0.3, 0.4) is 0 Å². The van der Waals surface area contributed by atoms with E-state index in [-0.39, 0.29) is 5.56 Å². The molecule has 8 heteroatoms. The van der Waals surface area contributed by atoms with Crippen molar-refractivity contribution in [1.82, 2.24) is 15.0 Å². The average molecular weight is 393 g/mol. The lowest BCUT2D eigenvalue weighted by Gasteiger charge is -2.28. The van der Waals surface area contributed by atoms with E-state index in [1.54, 1.807) is 18.5 Å². The number of rotatable bonds is 3. The fourth-order valence-corrected chi connectivity index (χ4v) is 3.66. The summed E-state index contributed by atoms with van der Waals surface area (Å²) in [7, 11) is 0. The van der Waals surface area contributed by atoms with Crippen molar-refractivity contribution in [2.75, 3.05) is 37.7 Å². The maximum Gasteiger partial charge on any atom is 0.223 e. The van der Waals surface area contributed by atoms with Crippen LogP contribution in [-0.4, -0.2) is 54.0 Å². The van der Waals surface area contributed by atoms with Gasteiger partial charge in [0.2, 0.25) is 11.9 Å². The Labute approximate surface area is 165 Å². The van der Waals surface area contributed by atoms with Crippen molar-refractivity contribution >= 4 is 28.5 Å². The van der Waals surface area contributed by atoms with Crippen LogP contribution in [0.4, 0.5) is 14.6 Å². The molecule has 0 spiro atoms. The first-order valence-corrected chi connectivity index (χ1v) is 9.35. The van der Waals surface area contributed by atoms with E-state index in [0.717, 1.165) is 17.0 Å². The lowest BCUT2D eigenvalue weighted by atomic mass is 10.00. The van der Waals surface area contributed by atoms with Crippen LogP contribution in [0, 0.1) is 11.9 Å². The normalized spacial score (nSPS) is 16.5. The second-order valence-electron chi connectivity index (χ2n) is 6.84. The van der Waals surface area contributed by atoms with Crippen molar-refractivity contribution < 1.29 is 13.5 Å². The van der Waals surface area contributed by atoms with Crippen LogP contribution in [0.15, 0.2) is 41.5 Å². The van der Waals surface area contributed by atoms with Crippen molar-refractivity contribution in [2.24, 2.45) is 4.99 Å². The quantitative estimate of drug-likeness (QED) is 0.639. The van der Waals surface area contributed by atoms with Gasteiger partial charge < -0.3 is 9.64 Å².